The zero-order valence-electron chi connectivity index (χ0n) is 13.0. The van der Waals surface area contributed by atoms with Crippen molar-refractivity contribution in [3.8, 4) is 5.75 Å². The lowest BCUT2D eigenvalue weighted by molar-refractivity contribution is -0.118. The first-order valence-corrected chi connectivity index (χ1v) is 7.49. The number of carbonyl (C=O) groups is 2. The first-order valence-electron chi connectivity index (χ1n) is 7.12. The number of hydrogen-bond acceptors (Lipinski definition) is 5. The monoisotopic (exact) mass is 348 g/mol. The largest absolute Gasteiger partial charge is 0.497 e. The summed E-state index contributed by atoms with van der Waals surface area (Å²) < 4.78 is 5.14. The van der Waals surface area contributed by atoms with Crippen molar-refractivity contribution in [1.82, 2.24) is 0 Å². The van der Waals surface area contributed by atoms with Crippen molar-refractivity contribution in [1.29, 1.82) is 0 Å². The predicted molar refractivity (Wildman–Crippen MR) is 91.6 cm³/mol. The second-order valence-electron chi connectivity index (χ2n) is 5.03. The van der Waals surface area contributed by atoms with Crippen LogP contribution in [0, 0.1) is 0 Å². The number of carbonyl (C=O) groups excluding carboxylic acids is 2. The Labute approximate surface area is 144 Å². The van der Waals surface area contributed by atoms with Gasteiger partial charge >= 0.3 is 0 Å². The fraction of sp³-hybridized carbons (Fsp3) is 0.176. The molecular weight excluding hydrogens is 332 g/mol. The summed E-state index contributed by atoms with van der Waals surface area (Å²) in [5.41, 5.74) is 6.43. The molecule has 1 atom stereocenters. The highest BCUT2D eigenvalue weighted by molar-refractivity contribution is 6.30. The van der Waals surface area contributed by atoms with Gasteiger partial charge in [-0.25, -0.2) is 0 Å². The highest BCUT2D eigenvalue weighted by atomic mass is 35.5. The molecule has 0 heterocycles. The van der Waals surface area contributed by atoms with Gasteiger partial charge in [0.05, 0.1) is 19.4 Å². The van der Waals surface area contributed by atoms with E-state index in [0.717, 1.165) is 0 Å². The van der Waals surface area contributed by atoms with E-state index >= 15 is 0 Å². The molecule has 0 fully saturated rings. The molecule has 4 N–H and O–H groups in total. The summed E-state index contributed by atoms with van der Waals surface area (Å²) in [6.45, 7) is -0.498. The maximum Gasteiger partial charge on any atom is 0.243 e. The molecule has 0 aromatic heterocycles. The number of ketones is 1. The molecular formula is C17H17ClN2O4. The van der Waals surface area contributed by atoms with Crippen molar-refractivity contribution in [2.45, 2.75) is 6.04 Å². The van der Waals surface area contributed by atoms with Crippen LogP contribution in [0.5, 0.6) is 5.75 Å². The third-order valence-electron chi connectivity index (χ3n) is 3.37. The van der Waals surface area contributed by atoms with Gasteiger partial charge in [-0.2, -0.15) is 0 Å². The molecule has 24 heavy (non-hydrogen) atoms. The normalized spacial score (nSPS) is 11.7. The number of halogens is 1. The lowest BCUT2D eigenvalue weighted by Gasteiger charge is -2.14. The average molecular weight is 349 g/mol. The third-order valence-corrected chi connectivity index (χ3v) is 3.62. The van der Waals surface area contributed by atoms with Gasteiger partial charge in [-0.1, -0.05) is 11.6 Å². The first-order chi connectivity index (χ1) is 11.5. The molecule has 7 heteroatoms. The summed E-state index contributed by atoms with van der Waals surface area (Å²) in [4.78, 5) is 24.6. The first kappa shape index (κ1) is 17.9. The summed E-state index contributed by atoms with van der Waals surface area (Å²) in [6, 6.07) is 10.00. The van der Waals surface area contributed by atoms with Crippen LogP contribution in [0.15, 0.2) is 42.5 Å². The summed E-state index contributed by atoms with van der Waals surface area (Å²) in [6.07, 6.45) is 0. The lowest BCUT2D eigenvalue weighted by Crippen LogP contribution is -2.38. The van der Waals surface area contributed by atoms with Crippen LogP contribution >= 0.6 is 11.6 Å². The molecule has 0 aliphatic carbocycles. The van der Waals surface area contributed by atoms with Crippen LogP contribution in [-0.4, -0.2) is 36.6 Å². The van der Waals surface area contributed by atoms with Crippen LogP contribution in [0.2, 0.25) is 5.02 Å². The number of hydrogen-bond donors (Lipinski definition) is 3. The Morgan fingerprint density at radius 1 is 1.25 bits per heavy atom. The number of methoxy groups -OCH3 is 1. The number of nitrogens with one attached hydrogen (secondary N) is 1. The fourth-order valence-corrected chi connectivity index (χ4v) is 2.14. The minimum Gasteiger partial charge on any atom is -0.497 e. The molecule has 0 aliphatic heterocycles. The third kappa shape index (κ3) is 4.11. The Balaban J connectivity index is 2.40. The second-order valence-corrected chi connectivity index (χ2v) is 5.46. The molecule has 1 unspecified atom stereocenters. The van der Waals surface area contributed by atoms with Crippen LogP contribution in [-0.2, 0) is 4.79 Å². The average Bonchev–Trinajstić information content (AvgIpc) is 2.61. The van der Waals surface area contributed by atoms with Crippen molar-refractivity contribution in [3.63, 3.8) is 0 Å². The van der Waals surface area contributed by atoms with Gasteiger partial charge in [0.25, 0.3) is 0 Å². The minimum atomic E-state index is -1.08. The van der Waals surface area contributed by atoms with Gasteiger partial charge in [0.2, 0.25) is 5.91 Å². The van der Waals surface area contributed by atoms with Crippen LogP contribution in [0.1, 0.15) is 15.9 Å². The molecule has 0 aliphatic rings. The molecule has 0 bridgehead atoms. The number of anilines is 1. The number of nitrogens with two attached hydrogens (primary N) is 1. The highest BCUT2D eigenvalue weighted by Crippen LogP contribution is 2.25. The van der Waals surface area contributed by atoms with E-state index in [2.05, 4.69) is 5.32 Å². The number of amides is 1. The Morgan fingerprint density at radius 2 is 1.92 bits per heavy atom. The molecule has 2 rings (SSSR count). The van der Waals surface area contributed by atoms with E-state index in [1.807, 2.05) is 0 Å². The SMILES string of the molecule is COc1ccc(NC(=O)C(N)CO)c(C(=O)c2ccc(Cl)cc2)c1. The quantitative estimate of drug-likeness (QED) is 0.691. The summed E-state index contributed by atoms with van der Waals surface area (Å²) in [7, 11) is 1.48. The van der Waals surface area contributed by atoms with Crippen molar-refractivity contribution in [3.05, 3.63) is 58.6 Å². The molecule has 0 saturated heterocycles. The number of ether oxygens (including phenoxy) is 1. The number of aliphatic hydroxyl groups excluding tert-OH is 1. The van der Waals surface area contributed by atoms with Crippen molar-refractivity contribution in [2.24, 2.45) is 5.73 Å². The Morgan fingerprint density at radius 3 is 2.50 bits per heavy atom. The minimum absolute atomic E-state index is 0.246. The standard InChI is InChI=1S/C17H17ClN2O4/c1-24-12-6-7-15(20-17(23)14(19)9-21)13(8-12)16(22)10-2-4-11(18)5-3-10/h2-8,14,21H,9,19H2,1H3,(H,20,23). The Bertz CT molecular complexity index is 747. The van der Waals surface area contributed by atoms with Crippen molar-refractivity contribution >= 4 is 29.0 Å². The maximum absolute atomic E-state index is 12.7. The number of rotatable bonds is 6. The predicted octanol–water partition coefficient (Wildman–Crippen LogP) is 1.84. The molecule has 0 radical (unpaired) electrons. The number of aliphatic hydroxyl groups is 1. The van der Waals surface area contributed by atoms with Gasteiger partial charge in [-0.15, -0.1) is 0 Å². The van der Waals surface area contributed by atoms with E-state index in [0.29, 0.717) is 16.3 Å². The summed E-state index contributed by atoms with van der Waals surface area (Å²) in [5, 5.41) is 12.0. The fourth-order valence-electron chi connectivity index (χ4n) is 2.01. The molecule has 2 aromatic carbocycles. The molecule has 1 amide bonds. The molecule has 2 aromatic rings. The van der Waals surface area contributed by atoms with Gasteiger partial charge in [0.15, 0.2) is 5.78 Å². The van der Waals surface area contributed by atoms with E-state index in [4.69, 9.17) is 27.2 Å². The van der Waals surface area contributed by atoms with Crippen LogP contribution in [0.4, 0.5) is 5.69 Å². The van der Waals surface area contributed by atoms with Gasteiger partial charge < -0.3 is 20.9 Å². The van der Waals surface area contributed by atoms with Crippen molar-refractivity contribution < 1.29 is 19.4 Å². The number of benzene rings is 2. The second kappa shape index (κ2) is 7.92. The van der Waals surface area contributed by atoms with Crippen LogP contribution < -0.4 is 15.8 Å². The van der Waals surface area contributed by atoms with E-state index < -0.39 is 18.6 Å². The van der Waals surface area contributed by atoms with Gasteiger partial charge in [-0.3, -0.25) is 9.59 Å². The lowest BCUT2D eigenvalue weighted by atomic mass is 10.0. The van der Waals surface area contributed by atoms with E-state index in [9.17, 15) is 9.59 Å². The molecule has 126 valence electrons. The van der Waals surface area contributed by atoms with Gasteiger partial charge in [0.1, 0.15) is 11.8 Å². The Hall–Kier alpha value is -2.41. The van der Waals surface area contributed by atoms with Crippen LogP contribution in [0.25, 0.3) is 0 Å². The summed E-state index contributed by atoms with van der Waals surface area (Å²) >= 11 is 5.84. The van der Waals surface area contributed by atoms with Crippen molar-refractivity contribution in [2.75, 3.05) is 19.0 Å². The molecule has 6 nitrogen and oxygen atoms in total. The zero-order valence-corrected chi connectivity index (χ0v) is 13.7. The van der Waals surface area contributed by atoms with Gasteiger partial charge in [0, 0.05) is 16.1 Å². The molecule has 0 spiro atoms. The smallest absolute Gasteiger partial charge is 0.243 e. The van der Waals surface area contributed by atoms with Gasteiger partial charge in [-0.05, 0) is 42.5 Å². The topological polar surface area (TPSA) is 102 Å². The van der Waals surface area contributed by atoms with Crippen LogP contribution in [0.3, 0.4) is 0 Å². The highest BCUT2D eigenvalue weighted by Gasteiger charge is 2.19. The Kier molecular flexibility index (Phi) is 5.92. The maximum atomic E-state index is 12.7. The summed E-state index contributed by atoms with van der Waals surface area (Å²) in [5.74, 6) is -0.428. The van der Waals surface area contributed by atoms with E-state index in [1.165, 1.54) is 13.2 Å². The molecule has 0 saturated carbocycles. The van der Waals surface area contributed by atoms with E-state index in [1.54, 1.807) is 36.4 Å². The zero-order chi connectivity index (χ0) is 17.7. The van der Waals surface area contributed by atoms with E-state index in [-0.39, 0.29) is 17.0 Å².